The molecule has 4 heteroatoms. The van der Waals surface area contributed by atoms with Crippen LogP contribution in [-0.4, -0.2) is 36.4 Å². The number of carbonyl (C=O) groups excluding carboxylic acids is 1. The normalized spacial score (nSPS) is 13.5. The van der Waals surface area contributed by atoms with Crippen LogP contribution in [0.15, 0.2) is 12.7 Å². The Kier molecular flexibility index (Phi) is 4.66. The Balaban J connectivity index is 4.34. The van der Waals surface area contributed by atoms with E-state index < -0.39 is 11.6 Å². The SMILES string of the molecule is C=CC(=O)NC(C)(C)C(CO)OC. The molecule has 4 nitrogen and oxygen atoms in total. The number of ether oxygens (including phenoxy) is 1. The van der Waals surface area contributed by atoms with Gasteiger partial charge in [-0.15, -0.1) is 0 Å². The standard InChI is InChI=1S/C9H17NO3/c1-5-8(12)10-9(2,3)7(6-11)13-4/h5,7,11H,1,6H2,2-4H3,(H,10,12). The monoisotopic (exact) mass is 187 g/mol. The van der Waals surface area contributed by atoms with Crippen LogP contribution in [0.2, 0.25) is 0 Å². The summed E-state index contributed by atoms with van der Waals surface area (Å²) in [5.41, 5.74) is -0.602. The Hall–Kier alpha value is -0.870. The lowest BCUT2D eigenvalue weighted by molar-refractivity contribution is -0.120. The Labute approximate surface area is 78.6 Å². The number of aliphatic hydroxyl groups excluding tert-OH is 1. The van der Waals surface area contributed by atoms with Crippen LogP contribution in [0.5, 0.6) is 0 Å². The van der Waals surface area contributed by atoms with E-state index in [1.54, 1.807) is 13.8 Å². The van der Waals surface area contributed by atoms with Gasteiger partial charge in [-0.3, -0.25) is 4.79 Å². The lowest BCUT2D eigenvalue weighted by atomic mass is 9.97. The molecule has 0 heterocycles. The predicted octanol–water partition coefficient (Wildman–Crippen LogP) is 0.0745. The first-order chi connectivity index (χ1) is 5.97. The second-order valence-corrected chi connectivity index (χ2v) is 3.32. The van der Waals surface area contributed by atoms with Gasteiger partial charge in [-0.1, -0.05) is 6.58 Å². The van der Waals surface area contributed by atoms with Gasteiger partial charge in [0, 0.05) is 7.11 Å². The number of carbonyl (C=O) groups is 1. The molecule has 76 valence electrons. The molecule has 0 aromatic heterocycles. The minimum Gasteiger partial charge on any atom is -0.394 e. The van der Waals surface area contributed by atoms with E-state index in [0.29, 0.717) is 0 Å². The summed E-state index contributed by atoms with van der Waals surface area (Å²) in [6.45, 7) is 6.76. The van der Waals surface area contributed by atoms with E-state index in [1.807, 2.05) is 0 Å². The minimum atomic E-state index is -0.602. The van der Waals surface area contributed by atoms with Crippen LogP contribution >= 0.6 is 0 Å². The van der Waals surface area contributed by atoms with E-state index in [1.165, 1.54) is 13.2 Å². The van der Waals surface area contributed by atoms with E-state index in [4.69, 9.17) is 9.84 Å². The molecule has 0 saturated heterocycles. The number of hydrogen-bond acceptors (Lipinski definition) is 3. The molecule has 0 aliphatic rings. The fourth-order valence-corrected chi connectivity index (χ4v) is 1.05. The van der Waals surface area contributed by atoms with Gasteiger partial charge >= 0.3 is 0 Å². The summed E-state index contributed by atoms with van der Waals surface area (Å²) in [5, 5.41) is 11.6. The molecular formula is C9H17NO3. The van der Waals surface area contributed by atoms with Gasteiger partial charge in [-0.2, -0.15) is 0 Å². The number of aliphatic hydroxyl groups is 1. The molecule has 0 bridgehead atoms. The van der Waals surface area contributed by atoms with Gasteiger partial charge in [0.1, 0.15) is 6.10 Å². The molecule has 1 unspecified atom stereocenters. The maximum atomic E-state index is 11.0. The molecule has 0 radical (unpaired) electrons. The van der Waals surface area contributed by atoms with Gasteiger partial charge in [-0.25, -0.2) is 0 Å². The predicted molar refractivity (Wildman–Crippen MR) is 50.3 cm³/mol. The summed E-state index contributed by atoms with van der Waals surface area (Å²) in [6, 6.07) is 0. The largest absolute Gasteiger partial charge is 0.394 e. The quantitative estimate of drug-likeness (QED) is 0.599. The maximum absolute atomic E-state index is 11.0. The highest BCUT2D eigenvalue weighted by atomic mass is 16.5. The molecule has 0 fully saturated rings. The van der Waals surface area contributed by atoms with E-state index in [-0.39, 0.29) is 12.5 Å². The summed E-state index contributed by atoms with van der Waals surface area (Å²) in [6.07, 6.45) is 0.766. The van der Waals surface area contributed by atoms with Crippen molar-refractivity contribution < 1.29 is 14.6 Å². The molecule has 0 aliphatic heterocycles. The number of amides is 1. The topological polar surface area (TPSA) is 58.6 Å². The first-order valence-corrected chi connectivity index (χ1v) is 4.06. The van der Waals surface area contributed by atoms with Crippen LogP contribution in [0.4, 0.5) is 0 Å². The van der Waals surface area contributed by atoms with Gasteiger partial charge in [-0.05, 0) is 19.9 Å². The Bertz CT molecular complexity index is 185. The molecule has 1 atom stereocenters. The Morgan fingerprint density at radius 2 is 2.31 bits per heavy atom. The van der Waals surface area contributed by atoms with Gasteiger partial charge in [0.05, 0.1) is 12.1 Å². The lowest BCUT2D eigenvalue weighted by Gasteiger charge is -2.32. The van der Waals surface area contributed by atoms with E-state index in [0.717, 1.165) is 0 Å². The van der Waals surface area contributed by atoms with Crippen LogP contribution in [-0.2, 0) is 9.53 Å². The van der Waals surface area contributed by atoms with Crippen molar-refractivity contribution in [3.8, 4) is 0 Å². The van der Waals surface area contributed by atoms with Crippen LogP contribution < -0.4 is 5.32 Å². The zero-order chi connectivity index (χ0) is 10.5. The highest BCUT2D eigenvalue weighted by molar-refractivity contribution is 5.87. The van der Waals surface area contributed by atoms with Crippen molar-refractivity contribution in [3.63, 3.8) is 0 Å². The van der Waals surface area contributed by atoms with Crippen molar-refractivity contribution in [2.45, 2.75) is 25.5 Å². The van der Waals surface area contributed by atoms with Gasteiger partial charge in [0.25, 0.3) is 0 Å². The first kappa shape index (κ1) is 12.1. The first-order valence-electron chi connectivity index (χ1n) is 4.06. The van der Waals surface area contributed by atoms with E-state index in [9.17, 15) is 4.79 Å². The number of nitrogens with one attached hydrogen (secondary N) is 1. The molecule has 0 aliphatic carbocycles. The zero-order valence-corrected chi connectivity index (χ0v) is 8.33. The van der Waals surface area contributed by atoms with Crippen molar-refractivity contribution in [2.24, 2.45) is 0 Å². The molecule has 1 amide bonds. The molecule has 13 heavy (non-hydrogen) atoms. The lowest BCUT2D eigenvalue weighted by Crippen LogP contribution is -2.53. The van der Waals surface area contributed by atoms with Crippen molar-refractivity contribution in [1.82, 2.24) is 5.32 Å². The second-order valence-electron chi connectivity index (χ2n) is 3.32. The highest BCUT2D eigenvalue weighted by Gasteiger charge is 2.29. The second kappa shape index (κ2) is 4.99. The molecule has 0 saturated carbocycles. The van der Waals surface area contributed by atoms with Gasteiger partial charge in [0.15, 0.2) is 0 Å². The van der Waals surface area contributed by atoms with Gasteiger partial charge < -0.3 is 15.2 Å². The van der Waals surface area contributed by atoms with Crippen LogP contribution in [0.25, 0.3) is 0 Å². The van der Waals surface area contributed by atoms with Crippen LogP contribution in [0.1, 0.15) is 13.8 Å². The van der Waals surface area contributed by atoms with E-state index in [2.05, 4.69) is 11.9 Å². The third-order valence-electron chi connectivity index (χ3n) is 1.89. The summed E-state index contributed by atoms with van der Waals surface area (Å²) in [5.74, 6) is -0.277. The Morgan fingerprint density at radius 3 is 2.62 bits per heavy atom. The van der Waals surface area contributed by atoms with Crippen molar-refractivity contribution in [3.05, 3.63) is 12.7 Å². The average Bonchev–Trinajstić information content (AvgIpc) is 2.05. The number of methoxy groups -OCH3 is 1. The molecule has 0 rings (SSSR count). The average molecular weight is 187 g/mol. The maximum Gasteiger partial charge on any atom is 0.243 e. The summed E-state index contributed by atoms with van der Waals surface area (Å²) in [4.78, 5) is 11.0. The Morgan fingerprint density at radius 1 is 1.77 bits per heavy atom. The summed E-state index contributed by atoms with van der Waals surface area (Å²) >= 11 is 0. The van der Waals surface area contributed by atoms with Gasteiger partial charge in [0.2, 0.25) is 5.91 Å². The zero-order valence-electron chi connectivity index (χ0n) is 8.33. The number of hydrogen-bond donors (Lipinski definition) is 2. The molecule has 0 spiro atoms. The minimum absolute atomic E-state index is 0.138. The van der Waals surface area contributed by atoms with Crippen molar-refractivity contribution in [1.29, 1.82) is 0 Å². The molecule has 2 N–H and O–H groups in total. The van der Waals surface area contributed by atoms with Crippen molar-refractivity contribution >= 4 is 5.91 Å². The molecule has 0 aromatic rings. The smallest absolute Gasteiger partial charge is 0.243 e. The number of rotatable bonds is 5. The van der Waals surface area contributed by atoms with Crippen LogP contribution in [0, 0.1) is 0 Å². The van der Waals surface area contributed by atoms with Crippen LogP contribution in [0.3, 0.4) is 0 Å². The molecular weight excluding hydrogens is 170 g/mol. The highest BCUT2D eigenvalue weighted by Crippen LogP contribution is 2.11. The molecule has 0 aromatic carbocycles. The fraction of sp³-hybridized carbons (Fsp3) is 0.667. The summed E-state index contributed by atoms with van der Waals surface area (Å²) in [7, 11) is 1.49. The van der Waals surface area contributed by atoms with Crippen molar-refractivity contribution in [2.75, 3.05) is 13.7 Å². The summed E-state index contributed by atoms with van der Waals surface area (Å²) < 4.78 is 5.01. The third kappa shape index (κ3) is 3.57. The fourth-order valence-electron chi connectivity index (χ4n) is 1.05. The third-order valence-corrected chi connectivity index (χ3v) is 1.89. The van der Waals surface area contributed by atoms with E-state index >= 15 is 0 Å².